The Morgan fingerprint density at radius 1 is 1.20 bits per heavy atom. The fourth-order valence-electron chi connectivity index (χ4n) is 3.10. The summed E-state index contributed by atoms with van der Waals surface area (Å²) in [7, 11) is 1.78. The lowest BCUT2D eigenvalue weighted by molar-refractivity contribution is 0.0691. The fourth-order valence-corrected chi connectivity index (χ4v) is 4.19. The van der Waals surface area contributed by atoms with Crippen LogP contribution in [0.25, 0.3) is 26.8 Å². The van der Waals surface area contributed by atoms with Crippen LogP contribution >= 0.6 is 11.3 Å². The molecule has 0 radical (unpaired) electrons. The number of hydrogen-bond acceptors (Lipinski definition) is 4. The number of nitrogens with zero attached hydrogens (tertiary/aromatic N) is 3. The fraction of sp³-hybridized carbons (Fsp3) is 0.167. The van der Waals surface area contributed by atoms with E-state index in [4.69, 9.17) is 0 Å². The second-order valence-corrected chi connectivity index (χ2v) is 7.32. The van der Waals surface area contributed by atoms with Gasteiger partial charge in [-0.05, 0) is 32.0 Å². The molecule has 7 heteroatoms. The second-order valence-electron chi connectivity index (χ2n) is 6.06. The lowest BCUT2D eigenvalue weighted by Crippen LogP contribution is -2.25. The summed E-state index contributed by atoms with van der Waals surface area (Å²) in [6.07, 6.45) is 0. The zero-order chi connectivity index (χ0) is 17.9. The maximum absolute atomic E-state index is 13.1. The summed E-state index contributed by atoms with van der Waals surface area (Å²) in [5.41, 5.74) is 2.36. The van der Waals surface area contributed by atoms with Crippen LogP contribution in [0.1, 0.15) is 20.9 Å². The van der Waals surface area contributed by atoms with Crippen molar-refractivity contribution in [3.8, 4) is 5.69 Å². The SMILES string of the molecule is Cc1ccc(-n2nc(C(=O)O)c3c4sc(C)cc4n(C)c3c2=O)cc1. The number of benzene rings is 1. The molecule has 0 aliphatic carbocycles. The summed E-state index contributed by atoms with van der Waals surface area (Å²) in [5.74, 6) is -1.15. The van der Waals surface area contributed by atoms with Gasteiger partial charge in [0.2, 0.25) is 0 Å². The molecule has 1 N–H and O–H groups in total. The van der Waals surface area contributed by atoms with Gasteiger partial charge in [0.1, 0.15) is 5.52 Å². The highest BCUT2D eigenvalue weighted by Crippen LogP contribution is 2.34. The van der Waals surface area contributed by atoms with E-state index in [9.17, 15) is 14.7 Å². The first-order chi connectivity index (χ1) is 11.9. The van der Waals surface area contributed by atoms with Crippen molar-refractivity contribution in [2.24, 2.45) is 7.05 Å². The Hall–Kier alpha value is -2.93. The van der Waals surface area contributed by atoms with E-state index in [1.165, 1.54) is 16.0 Å². The maximum Gasteiger partial charge on any atom is 0.357 e. The normalized spacial score (nSPS) is 11.5. The van der Waals surface area contributed by atoms with E-state index in [0.717, 1.165) is 20.7 Å². The van der Waals surface area contributed by atoms with Gasteiger partial charge in [0.25, 0.3) is 5.56 Å². The highest BCUT2D eigenvalue weighted by atomic mass is 32.1. The van der Waals surface area contributed by atoms with E-state index in [1.54, 1.807) is 23.7 Å². The average molecular weight is 353 g/mol. The Kier molecular flexibility index (Phi) is 3.30. The molecule has 25 heavy (non-hydrogen) atoms. The number of aryl methyl sites for hydroxylation is 3. The van der Waals surface area contributed by atoms with Crippen molar-refractivity contribution >= 4 is 38.4 Å². The average Bonchev–Trinajstić information content (AvgIpc) is 3.06. The quantitative estimate of drug-likeness (QED) is 0.600. The van der Waals surface area contributed by atoms with Crippen LogP contribution in [0.2, 0.25) is 0 Å². The van der Waals surface area contributed by atoms with Crippen molar-refractivity contribution in [2.75, 3.05) is 0 Å². The van der Waals surface area contributed by atoms with Crippen molar-refractivity contribution in [3.63, 3.8) is 0 Å². The smallest absolute Gasteiger partial charge is 0.357 e. The summed E-state index contributed by atoms with van der Waals surface area (Å²) in [6, 6.07) is 9.20. The molecule has 0 spiro atoms. The molecule has 0 bridgehead atoms. The van der Waals surface area contributed by atoms with Crippen molar-refractivity contribution in [1.82, 2.24) is 14.3 Å². The van der Waals surface area contributed by atoms with Gasteiger partial charge in [-0.2, -0.15) is 9.78 Å². The number of rotatable bonds is 2. The van der Waals surface area contributed by atoms with Crippen LogP contribution in [0.4, 0.5) is 0 Å². The number of thiophene rings is 1. The molecule has 3 heterocycles. The third kappa shape index (κ3) is 2.20. The molecule has 4 aromatic rings. The van der Waals surface area contributed by atoms with Crippen LogP contribution in [-0.2, 0) is 7.05 Å². The number of fused-ring (bicyclic) bond motifs is 3. The van der Waals surface area contributed by atoms with Crippen molar-refractivity contribution < 1.29 is 9.90 Å². The Labute approximate surface area is 146 Å². The Morgan fingerprint density at radius 3 is 2.52 bits per heavy atom. The maximum atomic E-state index is 13.1. The molecule has 0 unspecified atom stereocenters. The van der Waals surface area contributed by atoms with Gasteiger partial charge in [-0.25, -0.2) is 4.79 Å². The number of aromatic carboxylic acids is 1. The minimum absolute atomic E-state index is 0.109. The molecule has 0 atom stereocenters. The summed E-state index contributed by atoms with van der Waals surface area (Å²) < 4.78 is 3.71. The minimum atomic E-state index is -1.15. The van der Waals surface area contributed by atoms with Crippen LogP contribution in [0.5, 0.6) is 0 Å². The first kappa shape index (κ1) is 15.6. The highest BCUT2D eigenvalue weighted by Gasteiger charge is 2.24. The summed E-state index contributed by atoms with van der Waals surface area (Å²) in [5, 5.41) is 14.3. The van der Waals surface area contributed by atoms with E-state index >= 15 is 0 Å². The molecular formula is C18H15N3O3S. The van der Waals surface area contributed by atoms with Crippen LogP contribution in [0.15, 0.2) is 35.1 Å². The summed E-state index contributed by atoms with van der Waals surface area (Å²) >= 11 is 1.47. The molecule has 6 nitrogen and oxygen atoms in total. The van der Waals surface area contributed by atoms with Crippen molar-refractivity contribution in [1.29, 1.82) is 0 Å². The van der Waals surface area contributed by atoms with Crippen LogP contribution < -0.4 is 5.56 Å². The van der Waals surface area contributed by atoms with E-state index < -0.39 is 5.97 Å². The van der Waals surface area contributed by atoms with E-state index in [0.29, 0.717) is 16.6 Å². The van der Waals surface area contributed by atoms with Crippen LogP contribution in [0, 0.1) is 13.8 Å². The zero-order valence-corrected chi connectivity index (χ0v) is 14.7. The first-order valence-corrected chi connectivity index (χ1v) is 8.52. The molecule has 126 valence electrons. The van der Waals surface area contributed by atoms with Crippen LogP contribution in [0.3, 0.4) is 0 Å². The van der Waals surface area contributed by atoms with Crippen molar-refractivity contribution in [2.45, 2.75) is 13.8 Å². The Bertz CT molecular complexity index is 1210. The van der Waals surface area contributed by atoms with E-state index in [1.807, 2.05) is 32.0 Å². The van der Waals surface area contributed by atoms with Gasteiger partial charge >= 0.3 is 5.97 Å². The van der Waals surface area contributed by atoms with Gasteiger partial charge in [-0.15, -0.1) is 11.3 Å². The molecule has 0 fully saturated rings. The highest BCUT2D eigenvalue weighted by molar-refractivity contribution is 7.20. The zero-order valence-electron chi connectivity index (χ0n) is 13.9. The molecule has 3 aromatic heterocycles. The van der Waals surface area contributed by atoms with Gasteiger partial charge in [0, 0.05) is 11.9 Å². The number of carboxylic acid groups (broad SMARTS) is 1. The molecular weight excluding hydrogens is 338 g/mol. The Morgan fingerprint density at radius 2 is 1.88 bits per heavy atom. The summed E-state index contributed by atoms with van der Waals surface area (Å²) in [6.45, 7) is 3.90. The van der Waals surface area contributed by atoms with E-state index in [-0.39, 0.29) is 11.3 Å². The number of carboxylic acids is 1. The molecule has 0 saturated carbocycles. The molecule has 4 rings (SSSR count). The predicted octanol–water partition coefficient (Wildman–Crippen LogP) is 3.25. The topological polar surface area (TPSA) is 77.1 Å². The lowest BCUT2D eigenvalue weighted by atomic mass is 10.2. The standard InChI is InChI=1S/C18H15N3O3S/c1-9-4-6-11(7-5-9)21-17(22)15-13(14(19-21)18(23)24)16-12(20(15)3)8-10(2)25-16/h4-8H,1-3H3,(H,23,24). The van der Waals surface area contributed by atoms with Gasteiger partial charge < -0.3 is 9.67 Å². The van der Waals surface area contributed by atoms with Gasteiger partial charge in [0.05, 0.1) is 21.3 Å². The van der Waals surface area contributed by atoms with Crippen molar-refractivity contribution in [3.05, 3.63) is 56.8 Å². The largest absolute Gasteiger partial charge is 0.476 e. The molecule has 0 aliphatic rings. The van der Waals surface area contributed by atoms with Gasteiger partial charge in [-0.3, -0.25) is 4.79 Å². The monoisotopic (exact) mass is 353 g/mol. The Balaban J connectivity index is 2.19. The second kappa shape index (κ2) is 5.29. The summed E-state index contributed by atoms with van der Waals surface area (Å²) in [4.78, 5) is 26.0. The van der Waals surface area contributed by atoms with Gasteiger partial charge in [0.15, 0.2) is 5.69 Å². The molecule has 0 aliphatic heterocycles. The van der Waals surface area contributed by atoms with Crippen LogP contribution in [-0.4, -0.2) is 25.4 Å². The predicted molar refractivity (Wildman–Crippen MR) is 98.1 cm³/mol. The number of carbonyl (C=O) groups is 1. The molecule has 0 amide bonds. The minimum Gasteiger partial charge on any atom is -0.476 e. The van der Waals surface area contributed by atoms with E-state index in [2.05, 4.69) is 5.10 Å². The number of hydrogen-bond donors (Lipinski definition) is 1. The third-order valence-corrected chi connectivity index (χ3v) is 5.37. The number of aromatic nitrogens is 3. The van der Waals surface area contributed by atoms with Gasteiger partial charge in [-0.1, -0.05) is 17.7 Å². The molecule has 0 saturated heterocycles. The third-order valence-electron chi connectivity index (χ3n) is 4.31. The first-order valence-electron chi connectivity index (χ1n) is 7.70. The molecule has 1 aromatic carbocycles. The lowest BCUT2D eigenvalue weighted by Gasteiger charge is -2.08.